The Kier molecular flexibility index (Phi) is 6.22. The molecule has 0 N–H and O–H groups in total. The SMILES string of the molecule is COc1cc(C(=O)N2CCN(C(=O)COc3nn(C)c4nc(C)cc(C)c34)CC2)ccc1C. The molecular formula is C24H29N5O4. The molecule has 3 aromatic rings. The molecule has 1 aliphatic heterocycles. The van der Waals surface area contributed by atoms with Gasteiger partial charge in [0.15, 0.2) is 12.3 Å². The van der Waals surface area contributed by atoms with Crippen LogP contribution in [0.3, 0.4) is 0 Å². The predicted octanol–water partition coefficient (Wildman–Crippen LogP) is 2.27. The number of carbonyl (C=O) groups excluding carboxylic acids is 2. The first-order valence-corrected chi connectivity index (χ1v) is 10.9. The summed E-state index contributed by atoms with van der Waals surface area (Å²) in [6.07, 6.45) is 0. The maximum Gasteiger partial charge on any atom is 0.260 e. The number of methoxy groups -OCH3 is 1. The van der Waals surface area contributed by atoms with Crippen molar-refractivity contribution >= 4 is 22.8 Å². The first-order chi connectivity index (χ1) is 15.8. The van der Waals surface area contributed by atoms with Crippen molar-refractivity contribution in [3.05, 3.63) is 46.6 Å². The molecule has 1 aliphatic rings. The predicted molar refractivity (Wildman–Crippen MR) is 124 cm³/mol. The van der Waals surface area contributed by atoms with Gasteiger partial charge in [0.1, 0.15) is 5.75 Å². The normalized spacial score (nSPS) is 14.0. The van der Waals surface area contributed by atoms with Gasteiger partial charge in [-0.2, -0.15) is 0 Å². The molecule has 0 unspecified atom stereocenters. The van der Waals surface area contributed by atoms with E-state index in [0.29, 0.717) is 43.4 Å². The summed E-state index contributed by atoms with van der Waals surface area (Å²) < 4.78 is 12.8. The lowest BCUT2D eigenvalue weighted by Crippen LogP contribution is -2.51. The number of aromatic nitrogens is 3. The number of piperazine rings is 1. The fourth-order valence-electron chi connectivity index (χ4n) is 4.17. The molecule has 9 nitrogen and oxygen atoms in total. The van der Waals surface area contributed by atoms with Gasteiger partial charge < -0.3 is 19.3 Å². The van der Waals surface area contributed by atoms with Crippen molar-refractivity contribution < 1.29 is 19.1 Å². The number of ether oxygens (including phenoxy) is 2. The Morgan fingerprint density at radius 1 is 1.00 bits per heavy atom. The summed E-state index contributed by atoms with van der Waals surface area (Å²) in [7, 11) is 3.40. The molecule has 1 aromatic carbocycles. The van der Waals surface area contributed by atoms with E-state index < -0.39 is 0 Å². The lowest BCUT2D eigenvalue weighted by molar-refractivity contribution is -0.134. The highest BCUT2D eigenvalue weighted by Gasteiger charge is 2.26. The zero-order chi connectivity index (χ0) is 23.7. The molecule has 0 radical (unpaired) electrons. The molecule has 0 saturated carbocycles. The summed E-state index contributed by atoms with van der Waals surface area (Å²) in [4.78, 5) is 33.6. The number of aryl methyl sites for hydroxylation is 4. The first kappa shape index (κ1) is 22.6. The number of amides is 2. The van der Waals surface area contributed by atoms with Gasteiger partial charge in [0.25, 0.3) is 11.8 Å². The van der Waals surface area contributed by atoms with Crippen molar-refractivity contribution in [2.45, 2.75) is 20.8 Å². The summed E-state index contributed by atoms with van der Waals surface area (Å²) >= 11 is 0. The Hall–Kier alpha value is -3.62. The van der Waals surface area contributed by atoms with Gasteiger partial charge in [0.05, 0.1) is 12.5 Å². The van der Waals surface area contributed by atoms with Gasteiger partial charge in [-0.05, 0) is 50.1 Å². The summed E-state index contributed by atoms with van der Waals surface area (Å²) in [5, 5.41) is 5.22. The number of hydrogen-bond acceptors (Lipinski definition) is 6. The van der Waals surface area contributed by atoms with Gasteiger partial charge >= 0.3 is 0 Å². The molecule has 1 saturated heterocycles. The van der Waals surface area contributed by atoms with E-state index in [1.54, 1.807) is 33.7 Å². The maximum absolute atomic E-state index is 12.9. The highest BCUT2D eigenvalue weighted by molar-refractivity contribution is 5.95. The maximum atomic E-state index is 12.9. The van der Waals surface area contributed by atoms with Crippen LogP contribution in [0.2, 0.25) is 0 Å². The fraction of sp³-hybridized carbons (Fsp3) is 0.417. The van der Waals surface area contributed by atoms with Gasteiger partial charge in [-0.25, -0.2) is 9.67 Å². The van der Waals surface area contributed by atoms with Crippen LogP contribution in [0.1, 0.15) is 27.2 Å². The highest BCUT2D eigenvalue weighted by atomic mass is 16.5. The van der Waals surface area contributed by atoms with E-state index in [9.17, 15) is 9.59 Å². The van der Waals surface area contributed by atoms with Crippen molar-refractivity contribution in [2.75, 3.05) is 39.9 Å². The molecule has 4 rings (SSSR count). The standard InChI is InChI=1S/C24H29N5O4/c1-15-6-7-18(13-19(15)32-5)24(31)29-10-8-28(9-11-29)20(30)14-33-23-21-16(2)12-17(3)25-22(21)27(4)26-23/h6-7,12-13H,8-11,14H2,1-5H3. The van der Waals surface area contributed by atoms with Crippen LogP contribution in [0.5, 0.6) is 11.6 Å². The van der Waals surface area contributed by atoms with Crippen LogP contribution >= 0.6 is 0 Å². The van der Waals surface area contributed by atoms with Crippen LogP contribution in [-0.4, -0.2) is 76.3 Å². The Labute approximate surface area is 192 Å². The molecule has 0 spiro atoms. The molecule has 2 aromatic heterocycles. The molecule has 0 aliphatic carbocycles. The van der Waals surface area contributed by atoms with Crippen LogP contribution in [0.15, 0.2) is 24.3 Å². The largest absolute Gasteiger partial charge is 0.496 e. The van der Waals surface area contributed by atoms with E-state index >= 15 is 0 Å². The van der Waals surface area contributed by atoms with Gasteiger partial charge in [-0.1, -0.05) is 6.07 Å². The number of benzene rings is 1. The molecule has 2 amide bonds. The minimum absolute atomic E-state index is 0.0603. The van der Waals surface area contributed by atoms with Crippen LogP contribution in [0.25, 0.3) is 11.0 Å². The minimum Gasteiger partial charge on any atom is -0.496 e. The van der Waals surface area contributed by atoms with Gasteiger partial charge in [-0.3, -0.25) is 9.59 Å². The van der Waals surface area contributed by atoms with Crippen LogP contribution in [0, 0.1) is 20.8 Å². The number of fused-ring (bicyclic) bond motifs is 1. The van der Waals surface area contributed by atoms with Crippen molar-refractivity contribution in [3.8, 4) is 11.6 Å². The second kappa shape index (κ2) is 9.09. The van der Waals surface area contributed by atoms with E-state index in [-0.39, 0.29) is 18.4 Å². The van der Waals surface area contributed by atoms with Crippen LogP contribution < -0.4 is 9.47 Å². The molecular weight excluding hydrogens is 422 g/mol. The van der Waals surface area contributed by atoms with Gasteiger partial charge in [0.2, 0.25) is 5.88 Å². The smallest absolute Gasteiger partial charge is 0.260 e. The van der Waals surface area contributed by atoms with Gasteiger partial charge in [0, 0.05) is 44.5 Å². The summed E-state index contributed by atoms with van der Waals surface area (Å²) in [6.45, 7) is 7.59. The third-order valence-corrected chi connectivity index (χ3v) is 5.99. The zero-order valence-corrected chi connectivity index (χ0v) is 19.7. The van der Waals surface area contributed by atoms with E-state index in [1.165, 1.54) is 0 Å². The minimum atomic E-state index is -0.129. The summed E-state index contributed by atoms with van der Waals surface area (Å²) in [5.41, 5.74) is 4.21. The summed E-state index contributed by atoms with van der Waals surface area (Å²) in [6, 6.07) is 7.42. The van der Waals surface area contributed by atoms with Crippen molar-refractivity contribution in [1.29, 1.82) is 0 Å². The average molecular weight is 452 g/mol. The molecule has 3 heterocycles. The van der Waals surface area contributed by atoms with Crippen LogP contribution in [-0.2, 0) is 11.8 Å². The van der Waals surface area contributed by atoms with Gasteiger partial charge in [-0.15, -0.1) is 5.10 Å². The summed E-state index contributed by atoms with van der Waals surface area (Å²) in [5.74, 6) is 0.910. The molecule has 9 heteroatoms. The van der Waals surface area contributed by atoms with E-state index in [4.69, 9.17) is 9.47 Å². The zero-order valence-electron chi connectivity index (χ0n) is 19.7. The third-order valence-electron chi connectivity index (χ3n) is 5.99. The van der Waals surface area contributed by atoms with Crippen LogP contribution in [0.4, 0.5) is 0 Å². The highest BCUT2D eigenvalue weighted by Crippen LogP contribution is 2.27. The Bertz CT molecular complexity index is 1210. The topological polar surface area (TPSA) is 89.8 Å². The second-order valence-electron chi connectivity index (χ2n) is 8.35. The number of hydrogen-bond donors (Lipinski definition) is 0. The van der Waals surface area contributed by atoms with E-state index in [1.807, 2.05) is 40.0 Å². The Balaban J connectivity index is 1.36. The number of rotatable bonds is 5. The van der Waals surface area contributed by atoms with E-state index in [0.717, 1.165) is 27.9 Å². The Morgan fingerprint density at radius 2 is 1.70 bits per heavy atom. The molecule has 0 bridgehead atoms. The lowest BCUT2D eigenvalue weighted by atomic mass is 10.1. The Morgan fingerprint density at radius 3 is 2.39 bits per heavy atom. The number of pyridine rings is 1. The quantitative estimate of drug-likeness (QED) is 0.591. The molecule has 0 atom stereocenters. The van der Waals surface area contributed by atoms with Crippen molar-refractivity contribution in [2.24, 2.45) is 7.05 Å². The molecule has 1 fully saturated rings. The number of carbonyl (C=O) groups is 2. The average Bonchev–Trinajstić information content (AvgIpc) is 3.13. The molecule has 174 valence electrons. The molecule has 33 heavy (non-hydrogen) atoms. The lowest BCUT2D eigenvalue weighted by Gasteiger charge is -2.34. The fourth-order valence-corrected chi connectivity index (χ4v) is 4.17. The second-order valence-corrected chi connectivity index (χ2v) is 8.35. The van der Waals surface area contributed by atoms with E-state index in [2.05, 4.69) is 10.1 Å². The third kappa shape index (κ3) is 4.48. The van der Waals surface area contributed by atoms with Crippen molar-refractivity contribution in [3.63, 3.8) is 0 Å². The number of nitrogens with zero attached hydrogens (tertiary/aromatic N) is 5. The first-order valence-electron chi connectivity index (χ1n) is 10.9. The van der Waals surface area contributed by atoms with Crippen molar-refractivity contribution in [1.82, 2.24) is 24.6 Å². The monoisotopic (exact) mass is 451 g/mol.